The van der Waals surface area contributed by atoms with Gasteiger partial charge in [-0.3, -0.25) is 0 Å². The van der Waals surface area contributed by atoms with Crippen molar-refractivity contribution in [3.05, 3.63) is 28.3 Å². The summed E-state index contributed by atoms with van der Waals surface area (Å²) in [7, 11) is 1.75. The lowest BCUT2D eigenvalue weighted by molar-refractivity contribution is 0.0238. The normalized spacial score (nSPS) is 19.5. The average Bonchev–Trinajstić information content (AvgIpc) is 2.43. The minimum absolute atomic E-state index is 0.357. The highest BCUT2D eigenvalue weighted by Gasteiger charge is 2.15. The van der Waals surface area contributed by atoms with Crippen LogP contribution in [0, 0.1) is 20.8 Å². The number of morpholine rings is 1. The average molecular weight is 263 g/mol. The van der Waals surface area contributed by atoms with Crippen molar-refractivity contribution in [3.8, 4) is 5.75 Å². The van der Waals surface area contributed by atoms with Crippen LogP contribution in [0.2, 0.25) is 0 Å². The number of rotatable bonds is 4. The molecular formula is C16H25NO2. The van der Waals surface area contributed by atoms with Crippen LogP contribution < -0.4 is 10.1 Å². The molecule has 106 valence electrons. The van der Waals surface area contributed by atoms with E-state index in [1.54, 1.807) is 7.11 Å². The minimum atomic E-state index is 0.357. The van der Waals surface area contributed by atoms with E-state index in [1.165, 1.54) is 22.3 Å². The van der Waals surface area contributed by atoms with Gasteiger partial charge in [-0.2, -0.15) is 0 Å². The highest BCUT2D eigenvalue weighted by Crippen LogP contribution is 2.29. The second-order valence-corrected chi connectivity index (χ2v) is 5.37. The Bertz CT molecular complexity index is 437. The molecule has 1 atom stereocenters. The molecule has 1 fully saturated rings. The molecule has 1 aliphatic rings. The summed E-state index contributed by atoms with van der Waals surface area (Å²) in [6.45, 7) is 9.25. The standard InChI is InChI=1S/C16H25NO2/c1-11-9-14(12(2)13(3)16(11)18-4)5-6-15-10-17-7-8-19-15/h9,15,17H,5-8,10H2,1-4H3. The van der Waals surface area contributed by atoms with Crippen LogP contribution >= 0.6 is 0 Å². The highest BCUT2D eigenvalue weighted by molar-refractivity contribution is 5.49. The van der Waals surface area contributed by atoms with Crippen LogP contribution in [-0.4, -0.2) is 32.9 Å². The molecule has 1 N–H and O–H groups in total. The van der Waals surface area contributed by atoms with E-state index in [0.717, 1.165) is 38.3 Å². The summed E-state index contributed by atoms with van der Waals surface area (Å²) < 4.78 is 11.2. The van der Waals surface area contributed by atoms with Crippen molar-refractivity contribution < 1.29 is 9.47 Å². The predicted molar refractivity (Wildman–Crippen MR) is 78.1 cm³/mol. The van der Waals surface area contributed by atoms with Crippen LogP contribution in [0.4, 0.5) is 0 Å². The van der Waals surface area contributed by atoms with Gasteiger partial charge in [0, 0.05) is 13.1 Å². The lowest BCUT2D eigenvalue weighted by Gasteiger charge is -2.24. The second-order valence-electron chi connectivity index (χ2n) is 5.37. The van der Waals surface area contributed by atoms with Crippen molar-refractivity contribution in [2.75, 3.05) is 26.8 Å². The quantitative estimate of drug-likeness (QED) is 0.905. The first-order chi connectivity index (χ1) is 9.13. The Balaban J connectivity index is 2.07. The predicted octanol–water partition coefficient (Wildman–Crippen LogP) is 2.54. The van der Waals surface area contributed by atoms with Crippen LogP contribution in [-0.2, 0) is 11.2 Å². The van der Waals surface area contributed by atoms with Crippen LogP contribution in [0.1, 0.15) is 28.7 Å². The molecule has 19 heavy (non-hydrogen) atoms. The number of hydrogen-bond acceptors (Lipinski definition) is 3. The lowest BCUT2D eigenvalue weighted by Crippen LogP contribution is -2.38. The smallest absolute Gasteiger partial charge is 0.124 e. The van der Waals surface area contributed by atoms with Crippen LogP contribution in [0.25, 0.3) is 0 Å². The third-order valence-electron chi connectivity index (χ3n) is 4.08. The molecule has 0 saturated carbocycles. The van der Waals surface area contributed by atoms with Gasteiger partial charge >= 0.3 is 0 Å². The summed E-state index contributed by atoms with van der Waals surface area (Å²) >= 11 is 0. The lowest BCUT2D eigenvalue weighted by atomic mass is 9.94. The number of benzene rings is 1. The number of ether oxygens (including phenoxy) is 2. The van der Waals surface area contributed by atoms with E-state index in [0.29, 0.717) is 6.10 Å². The van der Waals surface area contributed by atoms with Gasteiger partial charge in [-0.05, 0) is 55.9 Å². The zero-order valence-electron chi connectivity index (χ0n) is 12.5. The molecule has 1 unspecified atom stereocenters. The molecule has 0 amide bonds. The molecule has 1 heterocycles. The molecule has 1 aliphatic heterocycles. The maximum absolute atomic E-state index is 5.76. The number of methoxy groups -OCH3 is 1. The fourth-order valence-electron chi connectivity index (χ4n) is 2.84. The first-order valence-electron chi connectivity index (χ1n) is 7.09. The van der Waals surface area contributed by atoms with E-state index < -0.39 is 0 Å². The van der Waals surface area contributed by atoms with E-state index in [-0.39, 0.29) is 0 Å². The SMILES string of the molecule is COc1c(C)cc(CCC2CNCCO2)c(C)c1C. The Morgan fingerprint density at radius 3 is 2.74 bits per heavy atom. The van der Waals surface area contributed by atoms with Gasteiger partial charge in [0.1, 0.15) is 5.75 Å². The van der Waals surface area contributed by atoms with Gasteiger partial charge in [0.2, 0.25) is 0 Å². The first kappa shape index (κ1) is 14.4. The van der Waals surface area contributed by atoms with E-state index in [1.807, 2.05) is 0 Å². The van der Waals surface area contributed by atoms with Crippen molar-refractivity contribution >= 4 is 0 Å². The molecule has 3 heteroatoms. The van der Waals surface area contributed by atoms with Gasteiger partial charge in [0.25, 0.3) is 0 Å². The molecule has 3 nitrogen and oxygen atoms in total. The third-order valence-corrected chi connectivity index (χ3v) is 4.08. The molecule has 0 spiro atoms. The molecule has 0 radical (unpaired) electrons. The van der Waals surface area contributed by atoms with Gasteiger partial charge in [0.05, 0.1) is 19.8 Å². The van der Waals surface area contributed by atoms with Crippen molar-refractivity contribution in [2.24, 2.45) is 0 Å². The Hall–Kier alpha value is -1.06. The van der Waals surface area contributed by atoms with Crippen molar-refractivity contribution in [2.45, 2.75) is 39.7 Å². The largest absolute Gasteiger partial charge is 0.496 e. The van der Waals surface area contributed by atoms with E-state index >= 15 is 0 Å². The first-order valence-corrected chi connectivity index (χ1v) is 7.09. The molecule has 1 aromatic rings. The van der Waals surface area contributed by atoms with Crippen LogP contribution in [0.3, 0.4) is 0 Å². The molecule has 2 rings (SSSR count). The Labute approximate surface area is 116 Å². The minimum Gasteiger partial charge on any atom is -0.496 e. The van der Waals surface area contributed by atoms with Crippen LogP contribution in [0.5, 0.6) is 5.75 Å². The summed E-state index contributed by atoms with van der Waals surface area (Å²) in [4.78, 5) is 0. The zero-order chi connectivity index (χ0) is 13.8. The van der Waals surface area contributed by atoms with Crippen molar-refractivity contribution in [3.63, 3.8) is 0 Å². The third kappa shape index (κ3) is 3.28. The Morgan fingerprint density at radius 1 is 1.32 bits per heavy atom. The summed E-state index contributed by atoms with van der Waals surface area (Å²) in [5.41, 5.74) is 5.26. The summed E-state index contributed by atoms with van der Waals surface area (Å²) in [6.07, 6.45) is 2.51. The second kappa shape index (κ2) is 6.40. The van der Waals surface area contributed by atoms with Gasteiger partial charge in [0.15, 0.2) is 0 Å². The Morgan fingerprint density at radius 2 is 2.11 bits per heavy atom. The molecule has 0 aromatic heterocycles. The maximum Gasteiger partial charge on any atom is 0.124 e. The zero-order valence-corrected chi connectivity index (χ0v) is 12.5. The van der Waals surface area contributed by atoms with E-state index in [2.05, 4.69) is 32.2 Å². The summed E-state index contributed by atoms with van der Waals surface area (Å²) in [5, 5.41) is 3.38. The van der Waals surface area contributed by atoms with Crippen LogP contribution in [0.15, 0.2) is 6.07 Å². The topological polar surface area (TPSA) is 30.5 Å². The maximum atomic E-state index is 5.76. The van der Waals surface area contributed by atoms with Gasteiger partial charge in [-0.25, -0.2) is 0 Å². The van der Waals surface area contributed by atoms with Gasteiger partial charge in [-0.15, -0.1) is 0 Å². The van der Waals surface area contributed by atoms with Crippen molar-refractivity contribution in [1.82, 2.24) is 5.32 Å². The monoisotopic (exact) mass is 263 g/mol. The molecule has 1 saturated heterocycles. The summed E-state index contributed by atoms with van der Waals surface area (Å²) in [5.74, 6) is 1.02. The fraction of sp³-hybridized carbons (Fsp3) is 0.625. The van der Waals surface area contributed by atoms with Gasteiger partial charge in [-0.1, -0.05) is 6.07 Å². The van der Waals surface area contributed by atoms with E-state index in [4.69, 9.17) is 9.47 Å². The number of nitrogens with one attached hydrogen (secondary N) is 1. The molecule has 0 aliphatic carbocycles. The van der Waals surface area contributed by atoms with Crippen molar-refractivity contribution in [1.29, 1.82) is 0 Å². The Kier molecular flexibility index (Phi) is 4.83. The fourth-order valence-corrected chi connectivity index (χ4v) is 2.84. The molecule has 0 bridgehead atoms. The number of aryl methyl sites for hydroxylation is 2. The number of hydrogen-bond donors (Lipinski definition) is 1. The van der Waals surface area contributed by atoms with Gasteiger partial charge < -0.3 is 14.8 Å². The molecule has 1 aromatic carbocycles. The molecular weight excluding hydrogens is 238 g/mol. The highest BCUT2D eigenvalue weighted by atomic mass is 16.5. The summed E-state index contributed by atoms with van der Waals surface area (Å²) in [6, 6.07) is 2.26. The van der Waals surface area contributed by atoms with E-state index in [9.17, 15) is 0 Å².